The van der Waals surface area contributed by atoms with Gasteiger partial charge in [-0.2, -0.15) is 0 Å². The second-order valence-corrected chi connectivity index (χ2v) is 4.63. The molecule has 0 aliphatic heterocycles. The molecule has 1 saturated carbocycles. The van der Waals surface area contributed by atoms with E-state index in [1.54, 1.807) is 0 Å². The zero-order valence-corrected chi connectivity index (χ0v) is 9.48. The largest absolute Gasteiger partial charge is 0.392 e. The molecule has 0 aromatic heterocycles. The first-order valence-electron chi connectivity index (χ1n) is 5.99. The van der Waals surface area contributed by atoms with Crippen LogP contribution in [-0.2, 0) is 17.8 Å². The van der Waals surface area contributed by atoms with Crippen molar-refractivity contribution in [1.29, 1.82) is 0 Å². The summed E-state index contributed by atoms with van der Waals surface area (Å²) < 4.78 is 0. The number of hydrogen-bond acceptors (Lipinski definition) is 2. The van der Waals surface area contributed by atoms with E-state index in [4.69, 9.17) is 0 Å². The van der Waals surface area contributed by atoms with Crippen molar-refractivity contribution in [1.82, 2.24) is 0 Å². The maximum absolute atomic E-state index is 11.4. The topological polar surface area (TPSA) is 37.3 Å². The lowest BCUT2D eigenvalue weighted by Gasteiger charge is -2.21. The lowest BCUT2D eigenvalue weighted by Crippen LogP contribution is -2.17. The molecule has 86 valence electrons. The first kappa shape index (κ1) is 11.3. The SMILES string of the molecule is O=C1CCCC(Cc2ccccc2CO)C1. The van der Waals surface area contributed by atoms with Crippen LogP contribution in [0.2, 0.25) is 0 Å². The van der Waals surface area contributed by atoms with Gasteiger partial charge in [-0.15, -0.1) is 0 Å². The summed E-state index contributed by atoms with van der Waals surface area (Å²) in [6.07, 6.45) is 4.59. The van der Waals surface area contributed by atoms with Gasteiger partial charge in [0.2, 0.25) is 0 Å². The average Bonchev–Trinajstić information content (AvgIpc) is 2.30. The summed E-state index contributed by atoms with van der Waals surface area (Å²) in [4.78, 5) is 11.4. The predicted molar refractivity (Wildman–Crippen MR) is 63.0 cm³/mol. The molecular weight excluding hydrogens is 200 g/mol. The van der Waals surface area contributed by atoms with Gasteiger partial charge >= 0.3 is 0 Å². The van der Waals surface area contributed by atoms with Crippen molar-refractivity contribution >= 4 is 5.78 Å². The fraction of sp³-hybridized carbons (Fsp3) is 0.500. The second kappa shape index (κ2) is 5.26. The molecule has 1 atom stereocenters. The van der Waals surface area contributed by atoms with E-state index < -0.39 is 0 Å². The van der Waals surface area contributed by atoms with Crippen LogP contribution in [0, 0.1) is 5.92 Å². The molecule has 1 aliphatic carbocycles. The van der Waals surface area contributed by atoms with E-state index in [1.807, 2.05) is 18.2 Å². The first-order chi connectivity index (χ1) is 7.79. The van der Waals surface area contributed by atoms with Gasteiger partial charge in [-0.05, 0) is 36.3 Å². The molecule has 2 heteroatoms. The molecule has 1 aliphatic rings. The number of hydrogen-bond donors (Lipinski definition) is 1. The Bertz CT molecular complexity index is 371. The summed E-state index contributed by atoms with van der Waals surface area (Å²) in [6, 6.07) is 7.96. The van der Waals surface area contributed by atoms with E-state index in [0.29, 0.717) is 11.7 Å². The summed E-state index contributed by atoms with van der Waals surface area (Å²) in [5.41, 5.74) is 2.20. The van der Waals surface area contributed by atoms with Crippen LogP contribution in [0.1, 0.15) is 36.8 Å². The minimum absolute atomic E-state index is 0.0941. The van der Waals surface area contributed by atoms with Crippen molar-refractivity contribution in [3.8, 4) is 0 Å². The number of benzene rings is 1. The molecule has 16 heavy (non-hydrogen) atoms. The van der Waals surface area contributed by atoms with Crippen LogP contribution < -0.4 is 0 Å². The average molecular weight is 218 g/mol. The molecule has 2 nitrogen and oxygen atoms in total. The molecule has 0 amide bonds. The second-order valence-electron chi connectivity index (χ2n) is 4.63. The van der Waals surface area contributed by atoms with Gasteiger partial charge in [-0.1, -0.05) is 24.3 Å². The van der Waals surface area contributed by atoms with Crippen LogP contribution in [0.15, 0.2) is 24.3 Å². The van der Waals surface area contributed by atoms with Crippen LogP contribution in [0.4, 0.5) is 0 Å². The van der Waals surface area contributed by atoms with Crippen molar-refractivity contribution in [3.05, 3.63) is 35.4 Å². The van der Waals surface area contributed by atoms with Gasteiger partial charge in [0.15, 0.2) is 0 Å². The number of ketones is 1. The molecule has 2 rings (SSSR count). The molecule has 0 heterocycles. The minimum Gasteiger partial charge on any atom is -0.392 e. The lowest BCUT2D eigenvalue weighted by atomic mass is 9.83. The quantitative estimate of drug-likeness (QED) is 0.846. The van der Waals surface area contributed by atoms with E-state index in [0.717, 1.165) is 37.7 Å². The van der Waals surface area contributed by atoms with Crippen molar-refractivity contribution < 1.29 is 9.90 Å². The van der Waals surface area contributed by atoms with Gasteiger partial charge in [-0.3, -0.25) is 4.79 Å². The van der Waals surface area contributed by atoms with E-state index in [1.165, 1.54) is 5.56 Å². The zero-order valence-electron chi connectivity index (χ0n) is 9.48. The first-order valence-corrected chi connectivity index (χ1v) is 5.99. The zero-order chi connectivity index (χ0) is 11.4. The molecule has 0 bridgehead atoms. The molecule has 1 aromatic carbocycles. The highest BCUT2D eigenvalue weighted by Gasteiger charge is 2.20. The van der Waals surface area contributed by atoms with E-state index in [-0.39, 0.29) is 6.61 Å². The molecule has 1 fully saturated rings. The number of carbonyl (C=O) groups excluding carboxylic acids is 1. The summed E-state index contributed by atoms with van der Waals surface area (Å²) in [5, 5.41) is 9.23. The number of Topliss-reactive ketones (excluding diaryl/α,β-unsaturated/α-hetero) is 1. The van der Waals surface area contributed by atoms with Gasteiger partial charge in [0.1, 0.15) is 5.78 Å². The molecule has 0 saturated heterocycles. The number of aliphatic hydroxyl groups is 1. The normalized spacial score (nSPS) is 21.1. The molecule has 1 N–H and O–H groups in total. The van der Waals surface area contributed by atoms with Crippen molar-refractivity contribution in [2.24, 2.45) is 5.92 Å². The Morgan fingerprint density at radius 1 is 1.25 bits per heavy atom. The Morgan fingerprint density at radius 2 is 2.00 bits per heavy atom. The van der Waals surface area contributed by atoms with Gasteiger partial charge in [0.05, 0.1) is 6.61 Å². The molecule has 1 aromatic rings. The number of carbonyl (C=O) groups is 1. The number of rotatable bonds is 3. The highest BCUT2D eigenvalue weighted by molar-refractivity contribution is 5.79. The van der Waals surface area contributed by atoms with Crippen molar-refractivity contribution in [2.75, 3.05) is 0 Å². The van der Waals surface area contributed by atoms with E-state index in [2.05, 4.69) is 6.07 Å². The van der Waals surface area contributed by atoms with Crippen molar-refractivity contribution in [3.63, 3.8) is 0 Å². The van der Waals surface area contributed by atoms with Crippen LogP contribution in [0.25, 0.3) is 0 Å². The monoisotopic (exact) mass is 218 g/mol. The maximum Gasteiger partial charge on any atom is 0.133 e. The maximum atomic E-state index is 11.4. The summed E-state index contributed by atoms with van der Waals surface area (Å²) in [7, 11) is 0. The number of aliphatic hydroxyl groups excluding tert-OH is 1. The van der Waals surface area contributed by atoms with E-state index >= 15 is 0 Å². The predicted octanol–water partition coefficient (Wildman–Crippen LogP) is 2.48. The Morgan fingerprint density at radius 3 is 2.69 bits per heavy atom. The van der Waals surface area contributed by atoms with Crippen LogP contribution in [0.5, 0.6) is 0 Å². The highest BCUT2D eigenvalue weighted by Crippen LogP contribution is 2.26. The third-order valence-electron chi connectivity index (χ3n) is 3.38. The lowest BCUT2D eigenvalue weighted by molar-refractivity contribution is -0.121. The summed E-state index contributed by atoms with van der Waals surface area (Å²) in [6.45, 7) is 0.0941. The van der Waals surface area contributed by atoms with Crippen LogP contribution in [0.3, 0.4) is 0 Å². The van der Waals surface area contributed by atoms with Gasteiger partial charge < -0.3 is 5.11 Å². The van der Waals surface area contributed by atoms with Gasteiger partial charge in [0.25, 0.3) is 0 Å². The molecule has 0 radical (unpaired) electrons. The molecule has 0 spiro atoms. The Balaban J connectivity index is 2.05. The fourth-order valence-corrected chi connectivity index (χ4v) is 2.51. The van der Waals surface area contributed by atoms with E-state index in [9.17, 15) is 9.90 Å². The standard InChI is InChI=1S/C14H18O2/c15-10-13-6-2-1-5-12(13)8-11-4-3-7-14(16)9-11/h1-2,5-6,11,15H,3-4,7-10H2. The summed E-state index contributed by atoms with van der Waals surface area (Å²) in [5.74, 6) is 0.881. The Labute approximate surface area is 96.3 Å². The third-order valence-corrected chi connectivity index (χ3v) is 3.38. The minimum atomic E-state index is 0.0941. The fourth-order valence-electron chi connectivity index (χ4n) is 2.51. The van der Waals surface area contributed by atoms with Crippen LogP contribution >= 0.6 is 0 Å². The van der Waals surface area contributed by atoms with Crippen LogP contribution in [-0.4, -0.2) is 10.9 Å². The highest BCUT2D eigenvalue weighted by atomic mass is 16.3. The Kier molecular flexibility index (Phi) is 3.73. The molecular formula is C14H18O2. The molecule has 1 unspecified atom stereocenters. The third kappa shape index (κ3) is 2.70. The van der Waals surface area contributed by atoms with Gasteiger partial charge in [0, 0.05) is 12.8 Å². The van der Waals surface area contributed by atoms with Crippen molar-refractivity contribution in [2.45, 2.75) is 38.7 Å². The smallest absolute Gasteiger partial charge is 0.133 e. The Hall–Kier alpha value is -1.15. The summed E-state index contributed by atoms with van der Waals surface area (Å²) >= 11 is 0. The van der Waals surface area contributed by atoms with Gasteiger partial charge in [-0.25, -0.2) is 0 Å².